The zero-order valence-electron chi connectivity index (χ0n) is 8.62. The standard InChI is InChI=1S/C8H10N4O4S/c9-6(13)2-1-4(8(15)16)11-7(14)5-3-10-12-17-5/h3-4H,1-2H2,(H2,9,13)(H,11,14)(H,15,16)/t4-/m0/s1. The molecule has 1 rings (SSSR count). The third-order valence-corrected chi connectivity index (χ3v) is 2.53. The number of nitrogens with zero attached hydrogens (tertiary/aromatic N) is 2. The number of nitrogens with one attached hydrogen (secondary N) is 1. The van der Waals surface area contributed by atoms with Crippen LogP contribution in [-0.2, 0) is 9.59 Å². The van der Waals surface area contributed by atoms with Crippen molar-refractivity contribution in [2.75, 3.05) is 0 Å². The lowest BCUT2D eigenvalue weighted by Gasteiger charge is -2.12. The van der Waals surface area contributed by atoms with Gasteiger partial charge in [-0.3, -0.25) is 9.59 Å². The fourth-order valence-corrected chi connectivity index (χ4v) is 1.46. The van der Waals surface area contributed by atoms with Crippen LogP contribution in [0.4, 0.5) is 0 Å². The van der Waals surface area contributed by atoms with E-state index in [1.807, 2.05) is 0 Å². The van der Waals surface area contributed by atoms with Gasteiger partial charge in [-0.15, -0.1) is 5.10 Å². The Morgan fingerprint density at radius 2 is 2.24 bits per heavy atom. The Balaban J connectivity index is 2.58. The molecule has 1 aromatic rings. The zero-order valence-corrected chi connectivity index (χ0v) is 9.44. The van der Waals surface area contributed by atoms with Crippen molar-refractivity contribution >= 4 is 29.3 Å². The predicted molar refractivity (Wildman–Crippen MR) is 57.2 cm³/mol. The third-order valence-electron chi connectivity index (χ3n) is 1.87. The van der Waals surface area contributed by atoms with Crippen LogP contribution in [0.25, 0.3) is 0 Å². The summed E-state index contributed by atoms with van der Waals surface area (Å²) in [6, 6.07) is -1.16. The number of hydrogen-bond donors (Lipinski definition) is 3. The molecular weight excluding hydrogens is 248 g/mol. The van der Waals surface area contributed by atoms with Crippen molar-refractivity contribution in [1.29, 1.82) is 0 Å². The number of nitrogens with two attached hydrogens (primary N) is 1. The molecule has 0 saturated heterocycles. The molecule has 0 saturated carbocycles. The summed E-state index contributed by atoms with van der Waals surface area (Å²) in [6.45, 7) is 0. The number of primary amides is 1. The van der Waals surface area contributed by atoms with E-state index in [0.29, 0.717) is 0 Å². The summed E-state index contributed by atoms with van der Waals surface area (Å²) in [6.07, 6.45) is 1.06. The summed E-state index contributed by atoms with van der Waals surface area (Å²) in [5.74, 6) is -2.43. The minimum absolute atomic E-state index is 0.0529. The van der Waals surface area contributed by atoms with E-state index in [1.54, 1.807) is 0 Å². The van der Waals surface area contributed by atoms with E-state index in [0.717, 1.165) is 11.5 Å². The van der Waals surface area contributed by atoms with Gasteiger partial charge in [-0.25, -0.2) is 4.79 Å². The number of aliphatic carboxylic acids is 1. The number of carboxylic acids is 1. The predicted octanol–water partition coefficient (Wildman–Crippen LogP) is -1.01. The van der Waals surface area contributed by atoms with Crippen LogP contribution in [0, 0.1) is 0 Å². The summed E-state index contributed by atoms with van der Waals surface area (Å²) in [4.78, 5) is 33.1. The average molecular weight is 258 g/mol. The first kappa shape index (κ1) is 13.0. The maximum atomic E-state index is 11.5. The molecule has 0 aromatic carbocycles. The van der Waals surface area contributed by atoms with E-state index in [2.05, 4.69) is 14.9 Å². The largest absolute Gasteiger partial charge is 0.480 e. The van der Waals surface area contributed by atoms with Gasteiger partial charge >= 0.3 is 5.97 Å². The first-order valence-corrected chi connectivity index (χ1v) is 5.37. The Morgan fingerprint density at radius 3 is 2.71 bits per heavy atom. The molecule has 0 aliphatic carbocycles. The van der Waals surface area contributed by atoms with E-state index in [1.165, 1.54) is 6.20 Å². The molecule has 1 atom stereocenters. The summed E-state index contributed by atoms with van der Waals surface area (Å²) in [7, 11) is 0. The molecule has 8 nitrogen and oxygen atoms in total. The minimum Gasteiger partial charge on any atom is -0.480 e. The van der Waals surface area contributed by atoms with E-state index in [9.17, 15) is 14.4 Å². The molecule has 0 aliphatic heterocycles. The molecule has 0 unspecified atom stereocenters. The molecule has 1 heterocycles. The zero-order chi connectivity index (χ0) is 12.8. The molecule has 2 amide bonds. The Bertz CT molecular complexity index is 419. The van der Waals surface area contributed by atoms with E-state index in [-0.39, 0.29) is 17.7 Å². The minimum atomic E-state index is -1.22. The van der Waals surface area contributed by atoms with Crippen LogP contribution in [0.1, 0.15) is 22.5 Å². The van der Waals surface area contributed by atoms with E-state index in [4.69, 9.17) is 10.8 Å². The van der Waals surface area contributed by atoms with Gasteiger partial charge in [-0.2, -0.15) is 0 Å². The quantitative estimate of drug-likeness (QED) is 0.598. The van der Waals surface area contributed by atoms with Gasteiger partial charge in [0.15, 0.2) is 0 Å². The monoisotopic (exact) mass is 258 g/mol. The maximum absolute atomic E-state index is 11.5. The van der Waals surface area contributed by atoms with Gasteiger partial charge in [0.1, 0.15) is 10.9 Å². The van der Waals surface area contributed by atoms with Crippen molar-refractivity contribution in [2.24, 2.45) is 5.73 Å². The molecule has 0 aliphatic rings. The molecule has 17 heavy (non-hydrogen) atoms. The summed E-state index contributed by atoms with van der Waals surface area (Å²) in [5.41, 5.74) is 4.90. The van der Waals surface area contributed by atoms with Crippen molar-refractivity contribution in [3.8, 4) is 0 Å². The molecular formula is C8H10N4O4S. The highest BCUT2D eigenvalue weighted by Crippen LogP contribution is 2.04. The van der Waals surface area contributed by atoms with Gasteiger partial charge in [0.05, 0.1) is 6.20 Å². The van der Waals surface area contributed by atoms with Crippen LogP contribution < -0.4 is 11.1 Å². The Labute approximate surface area is 100.0 Å². The normalized spacial score (nSPS) is 11.8. The Hall–Kier alpha value is -2.03. The fraction of sp³-hybridized carbons (Fsp3) is 0.375. The Morgan fingerprint density at radius 1 is 1.53 bits per heavy atom. The molecule has 0 radical (unpaired) electrons. The van der Waals surface area contributed by atoms with Crippen molar-refractivity contribution in [3.63, 3.8) is 0 Å². The van der Waals surface area contributed by atoms with Crippen LogP contribution in [0.5, 0.6) is 0 Å². The van der Waals surface area contributed by atoms with Crippen molar-refractivity contribution < 1.29 is 19.5 Å². The molecule has 0 fully saturated rings. The lowest BCUT2D eigenvalue weighted by Crippen LogP contribution is -2.41. The number of aromatic nitrogens is 2. The average Bonchev–Trinajstić information content (AvgIpc) is 2.76. The van der Waals surface area contributed by atoms with Crippen LogP contribution in [-0.4, -0.2) is 38.5 Å². The lowest BCUT2D eigenvalue weighted by atomic mass is 10.1. The highest BCUT2D eigenvalue weighted by Gasteiger charge is 2.21. The van der Waals surface area contributed by atoms with Crippen molar-refractivity contribution in [3.05, 3.63) is 11.1 Å². The van der Waals surface area contributed by atoms with E-state index < -0.39 is 23.8 Å². The second-order valence-electron chi connectivity index (χ2n) is 3.15. The second-order valence-corrected chi connectivity index (χ2v) is 3.94. The number of amides is 2. The first-order valence-electron chi connectivity index (χ1n) is 4.60. The SMILES string of the molecule is NC(=O)CC[C@H](NC(=O)c1cnns1)C(=O)O. The molecule has 0 spiro atoms. The highest BCUT2D eigenvalue weighted by atomic mass is 32.1. The number of carbonyl (C=O) groups excluding carboxylic acids is 2. The molecule has 9 heteroatoms. The van der Waals surface area contributed by atoms with Crippen molar-refractivity contribution in [1.82, 2.24) is 14.9 Å². The van der Waals surface area contributed by atoms with Gasteiger partial charge in [0.25, 0.3) is 5.91 Å². The lowest BCUT2D eigenvalue weighted by molar-refractivity contribution is -0.139. The molecule has 1 aromatic heterocycles. The van der Waals surface area contributed by atoms with Gasteiger partial charge in [0.2, 0.25) is 5.91 Å². The summed E-state index contributed by atoms with van der Waals surface area (Å²) < 4.78 is 3.48. The van der Waals surface area contributed by atoms with E-state index >= 15 is 0 Å². The number of carbonyl (C=O) groups is 3. The smallest absolute Gasteiger partial charge is 0.326 e. The van der Waals surface area contributed by atoms with Gasteiger partial charge in [0, 0.05) is 6.42 Å². The maximum Gasteiger partial charge on any atom is 0.326 e. The van der Waals surface area contributed by atoms with Crippen LogP contribution in [0.2, 0.25) is 0 Å². The fourth-order valence-electron chi connectivity index (χ4n) is 1.04. The molecule has 4 N–H and O–H groups in total. The van der Waals surface area contributed by atoms with Gasteiger partial charge in [-0.1, -0.05) is 4.49 Å². The van der Waals surface area contributed by atoms with Gasteiger partial charge < -0.3 is 16.2 Å². The van der Waals surface area contributed by atoms with Gasteiger partial charge in [-0.05, 0) is 18.0 Å². The third kappa shape index (κ3) is 4.15. The number of hydrogen-bond acceptors (Lipinski definition) is 6. The molecule has 0 bridgehead atoms. The Kier molecular flexibility index (Phi) is 4.52. The summed E-state index contributed by atoms with van der Waals surface area (Å²) in [5, 5.41) is 14.6. The topological polar surface area (TPSA) is 135 Å². The second kappa shape index (κ2) is 5.89. The first-order chi connectivity index (χ1) is 8.00. The van der Waals surface area contributed by atoms with Crippen LogP contribution in [0.3, 0.4) is 0 Å². The summed E-state index contributed by atoms with van der Waals surface area (Å²) >= 11 is 0.851. The number of carboxylic acid groups (broad SMARTS) is 1. The highest BCUT2D eigenvalue weighted by molar-refractivity contribution is 7.07. The van der Waals surface area contributed by atoms with Crippen LogP contribution in [0.15, 0.2) is 6.20 Å². The molecule has 92 valence electrons. The van der Waals surface area contributed by atoms with Crippen LogP contribution >= 0.6 is 11.5 Å². The number of rotatable bonds is 6. The van der Waals surface area contributed by atoms with Crippen molar-refractivity contribution in [2.45, 2.75) is 18.9 Å².